The van der Waals surface area contributed by atoms with E-state index in [1.165, 1.54) is 4.90 Å². The van der Waals surface area contributed by atoms with Crippen LogP contribution in [0.3, 0.4) is 0 Å². The van der Waals surface area contributed by atoms with Crippen LogP contribution in [-0.4, -0.2) is 51.3 Å². The van der Waals surface area contributed by atoms with Crippen molar-refractivity contribution in [2.24, 2.45) is 0 Å². The van der Waals surface area contributed by atoms with Crippen LogP contribution >= 0.6 is 0 Å². The van der Waals surface area contributed by atoms with Crippen molar-refractivity contribution in [2.45, 2.75) is 42.2 Å². The quantitative estimate of drug-likeness (QED) is 0.714. The maximum atomic E-state index is 13.1. The summed E-state index contributed by atoms with van der Waals surface area (Å²) in [5, 5.41) is 0. The highest BCUT2D eigenvalue weighted by Gasteiger charge is 2.56. The molecule has 6 heteroatoms. The molecule has 1 amide bonds. The average molecular weight is 339 g/mol. The van der Waals surface area contributed by atoms with Crippen molar-refractivity contribution in [3.05, 3.63) is 29.8 Å². The number of rotatable bonds is 7. The van der Waals surface area contributed by atoms with Gasteiger partial charge in [-0.25, -0.2) is 8.42 Å². The van der Waals surface area contributed by atoms with Crippen LogP contribution in [0.25, 0.3) is 0 Å². The lowest BCUT2D eigenvalue weighted by molar-refractivity contribution is -0.135. The molecule has 0 N–H and O–H groups in total. The van der Waals surface area contributed by atoms with Crippen molar-refractivity contribution < 1.29 is 17.9 Å². The Morgan fingerprint density at radius 3 is 2.35 bits per heavy atom. The Bertz CT molecular complexity index is 648. The lowest BCUT2D eigenvalue weighted by atomic mass is 9.83. The van der Waals surface area contributed by atoms with E-state index in [0.717, 1.165) is 12.0 Å². The molecule has 0 unspecified atom stereocenters. The molecule has 23 heavy (non-hydrogen) atoms. The first-order valence-corrected chi connectivity index (χ1v) is 9.39. The van der Waals surface area contributed by atoms with Crippen LogP contribution in [0, 0.1) is 6.92 Å². The fraction of sp³-hybridized carbons (Fsp3) is 0.588. The molecule has 1 aromatic carbocycles. The molecule has 0 heterocycles. The molecular formula is C17H25NO4S. The van der Waals surface area contributed by atoms with Gasteiger partial charge in [0.05, 0.1) is 4.90 Å². The highest BCUT2D eigenvalue weighted by molar-refractivity contribution is 7.93. The molecule has 1 aliphatic rings. The minimum absolute atomic E-state index is 0.237. The van der Waals surface area contributed by atoms with Gasteiger partial charge in [-0.05, 0) is 44.7 Å². The summed E-state index contributed by atoms with van der Waals surface area (Å²) in [7, 11) is -0.400. The lowest BCUT2D eigenvalue weighted by Gasteiger charge is -2.41. The summed E-state index contributed by atoms with van der Waals surface area (Å²) in [5.74, 6) is -0.291. The van der Waals surface area contributed by atoms with Crippen LogP contribution in [0.15, 0.2) is 29.2 Å². The average Bonchev–Trinajstić information content (AvgIpc) is 2.46. The predicted octanol–water partition coefficient (Wildman–Crippen LogP) is 2.19. The minimum Gasteiger partial charge on any atom is -0.385 e. The van der Waals surface area contributed by atoms with Crippen molar-refractivity contribution in [3.63, 3.8) is 0 Å². The Morgan fingerprint density at radius 1 is 1.26 bits per heavy atom. The number of ether oxygens (including phenoxy) is 1. The van der Waals surface area contributed by atoms with E-state index >= 15 is 0 Å². The predicted molar refractivity (Wildman–Crippen MR) is 89.1 cm³/mol. The van der Waals surface area contributed by atoms with E-state index in [9.17, 15) is 13.2 Å². The van der Waals surface area contributed by atoms with Crippen LogP contribution in [-0.2, 0) is 19.4 Å². The fourth-order valence-corrected chi connectivity index (χ4v) is 5.09. The Balaban J connectivity index is 2.25. The molecule has 0 radical (unpaired) electrons. The first-order valence-electron chi connectivity index (χ1n) is 7.91. The largest absolute Gasteiger partial charge is 0.385 e. The van der Waals surface area contributed by atoms with Gasteiger partial charge in [-0.1, -0.05) is 17.7 Å². The molecule has 1 aliphatic carbocycles. The summed E-state index contributed by atoms with van der Waals surface area (Å²) in [6, 6.07) is 6.74. The number of sulfone groups is 1. The molecule has 5 nitrogen and oxygen atoms in total. The third kappa shape index (κ3) is 3.28. The number of nitrogens with zero attached hydrogens (tertiary/aromatic N) is 1. The molecule has 1 saturated carbocycles. The Labute approximate surface area is 138 Å². The zero-order valence-electron chi connectivity index (χ0n) is 14.0. The molecule has 1 fully saturated rings. The van der Waals surface area contributed by atoms with Crippen LogP contribution in [0.2, 0.25) is 0 Å². The molecular weight excluding hydrogens is 314 g/mol. The van der Waals surface area contributed by atoms with E-state index in [2.05, 4.69) is 0 Å². The maximum absolute atomic E-state index is 13.1. The number of hydrogen-bond acceptors (Lipinski definition) is 4. The van der Waals surface area contributed by atoms with Gasteiger partial charge in [0.1, 0.15) is 0 Å². The number of carbonyl (C=O) groups is 1. The number of amides is 1. The van der Waals surface area contributed by atoms with Gasteiger partial charge in [0.15, 0.2) is 14.6 Å². The first-order chi connectivity index (χ1) is 10.8. The van der Waals surface area contributed by atoms with Gasteiger partial charge >= 0.3 is 0 Å². The van der Waals surface area contributed by atoms with Gasteiger partial charge in [0, 0.05) is 27.3 Å². The topological polar surface area (TPSA) is 63.7 Å². The van der Waals surface area contributed by atoms with Crippen molar-refractivity contribution >= 4 is 15.7 Å². The smallest absolute Gasteiger partial charge is 0.244 e. The van der Waals surface area contributed by atoms with Crippen molar-refractivity contribution in [1.82, 2.24) is 4.90 Å². The summed E-state index contributed by atoms with van der Waals surface area (Å²) >= 11 is 0. The zero-order valence-corrected chi connectivity index (χ0v) is 14.9. The third-order valence-electron chi connectivity index (χ3n) is 4.59. The van der Waals surface area contributed by atoms with Gasteiger partial charge in [0.2, 0.25) is 5.91 Å². The zero-order chi connectivity index (χ0) is 17.1. The van der Waals surface area contributed by atoms with E-state index in [0.29, 0.717) is 32.4 Å². The van der Waals surface area contributed by atoms with Crippen molar-refractivity contribution in [1.29, 1.82) is 0 Å². The van der Waals surface area contributed by atoms with Crippen LogP contribution in [0.1, 0.15) is 31.2 Å². The molecule has 128 valence electrons. The van der Waals surface area contributed by atoms with E-state index in [1.807, 2.05) is 6.92 Å². The fourth-order valence-electron chi connectivity index (χ4n) is 2.93. The van der Waals surface area contributed by atoms with Crippen LogP contribution < -0.4 is 0 Å². The van der Waals surface area contributed by atoms with E-state index < -0.39 is 14.6 Å². The highest BCUT2D eigenvalue weighted by atomic mass is 32.2. The first kappa shape index (κ1) is 17.9. The molecule has 0 aromatic heterocycles. The summed E-state index contributed by atoms with van der Waals surface area (Å²) in [5.41, 5.74) is 0.995. The Hall–Kier alpha value is -1.40. The number of hydrogen-bond donors (Lipinski definition) is 0. The summed E-state index contributed by atoms with van der Waals surface area (Å²) in [6.07, 6.45) is 2.26. The van der Waals surface area contributed by atoms with Crippen LogP contribution in [0.4, 0.5) is 0 Å². The second-order valence-electron chi connectivity index (χ2n) is 6.24. The normalized spacial score (nSPS) is 16.7. The van der Waals surface area contributed by atoms with Gasteiger partial charge < -0.3 is 9.64 Å². The lowest BCUT2D eigenvalue weighted by Crippen LogP contribution is -2.57. The van der Waals surface area contributed by atoms with Crippen molar-refractivity contribution in [3.8, 4) is 0 Å². The standard InChI is InChI=1S/C17H25NO4S/c1-14-6-8-15(9-7-14)23(20,21)17(10-4-11-17)16(19)18(2)12-5-13-22-3/h6-9H,4-5,10-13H2,1-3H3. The molecule has 0 saturated heterocycles. The molecule has 2 rings (SSSR count). The molecule has 1 aromatic rings. The van der Waals surface area contributed by atoms with Gasteiger partial charge in [-0.15, -0.1) is 0 Å². The highest BCUT2D eigenvalue weighted by Crippen LogP contribution is 2.44. The van der Waals surface area contributed by atoms with Gasteiger partial charge in [-0.2, -0.15) is 0 Å². The second kappa shape index (κ2) is 7.01. The Kier molecular flexibility index (Phi) is 5.47. The summed E-state index contributed by atoms with van der Waals surface area (Å²) in [6.45, 7) is 2.96. The number of methoxy groups -OCH3 is 1. The summed E-state index contributed by atoms with van der Waals surface area (Å²) in [4.78, 5) is 14.6. The molecule has 0 aliphatic heterocycles. The Morgan fingerprint density at radius 2 is 1.87 bits per heavy atom. The minimum atomic E-state index is -3.68. The monoisotopic (exact) mass is 339 g/mol. The molecule has 0 atom stereocenters. The maximum Gasteiger partial charge on any atom is 0.244 e. The number of aryl methyl sites for hydroxylation is 1. The van der Waals surface area contributed by atoms with Gasteiger partial charge in [0.25, 0.3) is 0 Å². The number of benzene rings is 1. The number of carbonyl (C=O) groups excluding carboxylic acids is 1. The van der Waals surface area contributed by atoms with Gasteiger partial charge in [-0.3, -0.25) is 4.79 Å². The molecule has 0 bridgehead atoms. The van der Waals surface area contributed by atoms with Crippen molar-refractivity contribution in [2.75, 3.05) is 27.3 Å². The SMILES string of the molecule is COCCCN(C)C(=O)C1(S(=O)(=O)c2ccc(C)cc2)CCC1. The van der Waals surface area contributed by atoms with E-state index in [1.54, 1.807) is 38.4 Å². The second-order valence-corrected chi connectivity index (χ2v) is 8.50. The molecule has 0 spiro atoms. The summed E-state index contributed by atoms with van der Waals surface area (Å²) < 4.78 is 29.8. The van der Waals surface area contributed by atoms with E-state index in [-0.39, 0.29) is 10.8 Å². The van der Waals surface area contributed by atoms with E-state index in [4.69, 9.17) is 4.74 Å². The third-order valence-corrected chi connectivity index (χ3v) is 7.09. The van der Waals surface area contributed by atoms with Crippen LogP contribution in [0.5, 0.6) is 0 Å².